The number of nitrogens with one attached hydrogen (secondary N) is 2. The molecule has 3 aromatic carbocycles. The van der Waals surface area contributed by atoms with Crippen LogP contribution in [-0.4, -0.2) is 60.1 Å². The van der Waals surface area contributed by atoms with Gasteiger partial charge in [-0.3, -0.25) is 15.0 Å². The Morgan fingerprint density at radius 3 is 2.21 bits per heavy atom. The van der Waals surface area contributed by atoms with Crippen LogP contribution in [0, 0.1) is 10.1 Å². The van der Waals surface area contributed by atoms with Gasteiger partial charge in [-0.2, -0.15) is 0 Å². The molecule has 1 aliphatic heterocycles. The van der Waals surface area contributed by atoms with E-state index in [1.54, 1.807) is 0 Å². The molecule has 1 saturated heterocycles. The van der Waals surface area contributed by atoms with E-state index in [1.807, 2.05) is 60.7 Å². The van der Waals surface area contributed by atoms with Gasteiger partial charge in [-0.15, -0.1) is 0 Å². The van der Waals surface area contributed by atoms with Gasteiger partial charge in [0.05, 0.1) is 4.92 Å². The predicted octanol–water partition coefficient (Wildman–Crippen LogP) is 3.31. The molecule has 1 aliphatic rings. The Kier molecular flexibility index (Phi) is 9.38. The number of carbonyl (C=O) groups is 2. The number of esters is 1. The van der Waals surface area contributed by atoms with Crippen LogP contribution in [0.25, 0.3) is 0 Å². The topological polar surface area (TPSA) is 123 Å². The molecule has 3 aromatic rings. The van der Waals surface area contributed by atoms with Crippen molar-refractivity contribution in [3.05, 3.63) is 106 Å². The smallest absolute Gasteiger partial charge is 0.416 e. The first-order valence-electron chi connectivity index (χ1n) is 12.4. The number of amides is 1. The van der Waals surface area contributed by atoms with Gasteiger partial charge < -0.3 is 20.1 Å². The third kappa shape index (κ3) is 7.61. The highest BCUT2D eigenvalue weighted by atomic mass is 16.6. The quantitative estimate of drug-likeness (QED) is 0.238. The Hall–Kier alpha value is -4.28. The minimum Gasteiger partial charge on any atom is -0.459 e. The van der Waals surface area contributed by atoms with Crippen LogP contribution >= 0.6 is 0 Å². The molecule has 10 nitrogen and oxygen atoms in total. The normalized spacial score (nSPS) is 15.7. The van der Waals surface area contributed by atoms with E-state index in [0.717, 1.165) is 24.2 Å². The van der Waals surface area contributed by atoms with Crippen LogP contribution in [0.4, 0.5) is 10.5 Å². The number of hydrogen-bond donors (Lipinski definition) is 2. The number of nitro groups is 1. The van der Waals surface area contributed by atoms with Crippen LogP contribution in [0.15, 0.2) is 84.9 Å². The monoisotopic (exact) mass is 518 g/mol. The van der Waals surface area contributed by atoms with Gasteiger partial charge in [-0.25, -0.2) is 9.59 Å². The van der Waals surface area contributed by atoms with Crippen molar-refractivity contribution in [2.24, 2.45) is 0 Å². The average Bonchev–Trinajstić information content (AvgIpc) is 2.95. The molecule has 2 atom stereocenters. The summed E-state index contributed by atoms with van der Waals surface area (Å²) < 4.78 is 11.3. The molecule has 0 radical (unpaired) electrons. The Labute approximate surface area is 220 Å². The summed E-state index contributed by atoms with van der Waals surface area (Å²) in [6.45, 7) is 2.39. The second kappa shape index (κ2) is 13.3. The Balaban J connectivity index is 1.59. The predicted molar refractivity (Wildman–Crippen MR) is 141 cm³/mol. The van der Waals surface area contributed by atoms with Gasteiger partial charge in [0.2, 0.25) is 0 Å². The maximum atomic E-state index is 13.5. The summed E-state index contributed by atoms with van der Waals surface area (Å²) in [5.41, 5.74) is 1.57. The summed E-state index contributed by atoms with van der Waals surface area (Å²) in [6, 6.07) is 22.9. The number of hydrogen-bond acceptors (Lipinski definition) is 8. The van der Waals surface area contributed by atoms with Crippen molar-refractivity contribution in [1.29, 1.82) is 0 Å². The highest BCUT2D eigenvalue weighted by Gasteiger charge is 2.35. The zero-order chi connectivity index (χ0) is 26.7. The molecule has 1 amide bonds. The molecule has 0 bridgehead atoms. The lowest BCUT2D eigenvalue weighted by Crippen LogP contribution is -2.58. The van der Waals surface area contributed by atoms with Crippen molar-refractivity contribution < 1.29 is 24.0 Å². The van der Waals surface area contributed by atoms with E-state index < -0.39 is 23.0 Å². The molecule has 1 heterocycles. The van der Waals surface area contributed by atoms with Crippen molar-refractivity contribution in [2.45, 2.75) is 25.1 Å². The molecule has 10 heteroatoms. The molecule has 4 rings (SSSR count). The van der Waals surface area contributed by atoms with Gasteiger partial charge >= 0.3 is 12.1 Å². The van der Waals surface area contributed by atoms with Crippen LogP contribution in [0.3, 0.4) is 0 Å². The fourth-order valence-electron chi connectivity index (χ4n) is 4.19. The standard InChI is InChI=1S/C28H30N4O6/c33-27(37-20-22-9-5-2-6-10-22)26(17-21-7-3-1-4-8-21)31(19-23-18-29-15-16-30-23)28(34)38-25-13-11-24(12-14-25)32(35)36/h1-14,23,26,29-30H,15-20H2/t23?,26-/m1/s1. The zero-order valence-corrected chi connectivity index (χ0v) is 20.8. The van der Waals surface area contributed by atoms with Crippen molar-refractivity contribution in [1.82, 2.24) is 15.5 Å². The molecular formula is C28H30N4O6. The lowest BCUT2D eigenvalue weighted by molar-refractivity contribution is -0.384. The number of piperazine rings is 1. The van der Waals surface area contributed by atoms with E-state index in [4.69, 9.17) is 9.47 Å². The second-order valence-corrected chi connectivity index (χ2v) is 8.93. The lowest BCUT2D eigenvalue weighted by atomic mass is 10.0. The van der Waals surface area contributed by atoms with Crippen molar-refractivity contribution >= 4 is 17.7 Å². The van der Waals surface area contributed by atoms with E-state index in [2.05, 4.69) is 10.6 Å². The molecule has 198 valence electrons. The summed E-state index contributed by atoms with van der Waals surface area (Å²) in [5.74, 6) is -0.418. The minimum absolute atomic E-state index is 0.0689. The molecule has 38 heavy (non-hydrogen) atoms. The highest BCUT2D eigenvalue weighted by Crippen LogP contribution is 2.20. The molecule has 0 spiro atoms. The molecule has 0 saturated carbocycles. The third-order valence-corrected chi connectivity index (χ3v) is 6.17. The lowest BCUT2D eigenvalue weighted by Gasteiger charge is -2.34. The van der Waals surface area contributed by atoms with E-state index >= 15 is 0 Å². The summed E-state index contributed by atoms with van der Waals surface area (Å²) >= 11 is 0. The zero-order valence-electron chi connectivity index (χ0n) is 20.8. The summed E-state index contributed by atoms with van der Waals surface area (Å²) in [6.07, 6.45) is -0.520. The van der Waals surface area contributed by atoms with E-state index in [9.17, 15) is 19.7 Å². The Morgan fingerprint density at radius 1 is 0.947 bits per heavy atom. The number of rotatable bonds is 10. The molecule has 1 unspecified atom stereocenters. The van der Waals surface area contributed by atoms with E-state index in [1.165, 1.54) is 29.2 Å². The average molecular weight is 519 g/mol. The van der Waals surface area contributed by atoms with Crippen molar-refractivity contribution in [3.63, 3.8) is 0 Å². The molecule has 2 N–H and O–H groups in total. The number of non-ortho nitro benzene ring substituents is 1. The minimum atomic E-state index is -0.963. The summed E-state index contributed by atoms with van der Waals surface area (Å²) in [4.78, 5) is 38.9. The van der Waals surface area contributed by atoms with Gasteiger partial charge in [0, 0.05) is 50.8 Å². The van der Waals surface area contributed by atoms with E-state index in [-0.39, 0.29) is 37.1 Å². The number of nitrogens with zero attached hydrogens (tertiary/aromatic N) is 2. The van der Waals surface area contributed by atoms with Crippen LogP contribution < -0.4 is 15.4 Å². The van der Waals surface area contributed by atoms with E-state index in [0.29, 0.717) is 6.54 Å². The summed E-state index contributed by atoms with van der Waals surface area (Å²) in [5, 5.41) is 17.6. The SMILES string of the molecule is O=C(OCc1ccccc1)[C@@H](Cc1ccccc1)N(CC1CNCCN1)C(=O)Oc1ccc([N+](=O)[O-])cc1. The van der Waals surface area contributed by atoms with Crippen LogP contribution in [-0.2, 0) is 22.6 Å². The summed E-state index contributed by atoms with van der Waals surface area (Å²) in [7, 11) is 0. The number of benzene rings is 3. The fraction of sp³-hybridized carbons (Fsp3) is 0.286. The largest absolute Gasteiger partial charge is 0.459 e. The Morgan fingerprint density at radius 2 is 1.61 bits per heavy atom. The third-order valence-electron chi connectivity index (χ3n) is 6.17. The number of nitro benzene ring substituents is 1. The first-order valence-corrected chi connectivity index (χ1v) is 12.4. The Bertz CT molecular complexity index is 1200. The molecule has 1 fully saturated rings. The molecule has 0 aromatic heterocycles. The van der Waals surface area contributed by atoms with Crippen molar-refractivity contribution in [2.75, 3.05) is 26.2 Å². The maximum Gasteiger partial charge on any atom is 0.416 e. The van der Waals surface area contributed by atoms with Gasteiger partial charge in [0.25, 0.3) is 5.69 Å². The first kappa shape index (κ1) is 26.8. The highest BCUT2D eigenvalue weighted by molar-refractivity contribution is 5.82. The fourth-order valence-corrected chi connectivity index (χ4v) is 4.19. The van der Waals surface area contributed by atoms with Crippen LogP contribution in [0.5, 0.6) is 5.75 Å². The van der Waals surface area contributed by atoms with Gasteiger partial charge in [0.15, 0.2) is 0 Å². The van der Waals surface area contributed by atoms with Gasteiger partial charge in [-0.05, 0) is 23.3 Å². The second-order valence-electron chi connectivity index (χ2n) is 8.93. The first-order chi connectivity index (χ1) is 18.5. The maximum absolute atomic E-state index is 13.5. The van der Waals surface area contributed by atoms with Gasteiger partial charge in [0.1, 0.15) is 18.4 Å². The number of ether oxygens (including phenoxy) is 2. The number of carbonyl (C=O) groups excluding carboxylic acids is 2. The molecular weight excluding hydrogens is 488 g/mol. The molecule has 0 aliphatic carbocycles. The van der Waals surface area contributed by atoms with Crippen molar-refractivity contribution in [3.8, 4) is 5.75 Å². The van der Waals surface area contributed by atoms with Crippen LogP contribution in [0.1, 0.15) is 11.1 Å². The van der Waals surface area contributed by atoms with Crippen LogP contribution in [0.2, 0.25) is 0 Å². The van der Waals surface area contributed by atoms with Gasteiger partial charge in [-0.1, -0.05) is 60.7 Å².